The third kappa shape index (κ3) is 3.37. The summed E-state index contributed by atoms with van der Waals surface area (Å²) in [4.78, 5) is -0.0173. The molecular weight excluding hydrogens is 238 g/mol. The van der Waals surface area contributed by atoms with Crippen LogP contribution in [-0.2, 0) is 10.0 Å². The molecular formula is C9H12ClNO3S. The minimum absolute atomic E-state index is 0.0173. The normalized spacial score (nSPS) is 11.4. The highest BCUT2D eigenvalue weighted by Crippen LogP contribution is 2.26. The maximum atomic E-state index is 11.0. The van der Waals surface area contributed by atoms with E-state index in [1.807, 2.05) is 6.92 Å². The molecule has 2 N–H and O–H groups in total. The van der Waals surface area contributed by atoms with Crippen LogP contribution in [0.2, 0.25) is 5.02 Å². The topological polar surface area (TPSA) is 69.4 Å². The molecule has 6 heteroatoms. The summed E-state index contributed by atoms with van der Waals surface area (Å²) >= 11 is 5.83. The van der Waals surface area contributed by atoms with Crippen molar-refractivity contribution in [2.75, 3.05) is 6.61 Å². The molecule has 0 spiro atoms. The lowest BCUT2D eigenvalue weighted by molar-refractivity contribution is 0.317. The summed E-state index contributed by atoms with van der Waals surface area (Å²) in [5.74, 6) is 0.464. The second kappa shape index (κ2) is 4.83. The van der Waals surface area contributed by atoms with E-state index in [0.29, 0.717) is 12.4 Å². The number of halogens is 1. The second-order valence-corrected chi connectivity index (χ2v) is 4.95. The Labute approximate surface area is 94.0 Å². The van der Waals surface area contributed by atoms with E-state index >= 15 is 0 Å². The smallest absolute Gasteiger partial charge is 0.238 e. The molecule has 4 nitrogen and oxygen atoms in total. The van der Waals surface area contributed by atoms with Crippen LogP contribution in [0.3, 0.4) is 0 Å². The van der Waals surface area contributed by atoms with Gasteiger partial charge in [0, 0.05) is 0 Å². The molecule has 0 aliphatic rings. The molecule has 0 aliphatic carbocycles. The maximum Gasteiger partial charge on any atom is 0.238 e. The molecule has 1 aromatic rings. The molecule has 0 saturated carbocycles. The van der Waals surface area contributed by atoms with Crippen molar-refractivity contribution in [3.63, 3.8) is 0 Å². The molecule has 1 aromatic carbocycles. The maximum absolute atomic E-state index is 11.0. The number of hydrogen-bond donors (Lipinski definition) is 1. The predicted molar refractivity (Wildman–Crippen MR) is 58.6 cm³/mol. The van der Waals surface area contributed by atoms with E-state index in [1.165, 1.54) is 18.2 Å². The SMILES string of the molecule is CCCOc1ccc(S(N)(=O)=O)cc1Cl. The number of benzene rings is 1. The summed E-state index contributed by atoms with van der Waals surface area (Å²) in [7, 11) is -3.70. The van der Waals surface area contributed by atoms with Crippen LogP contribution in [0.15, 0.2) is 23.1 Å². The van der Waals surface area contributed by atoms with Crippen LogP contribution in [0.5, 0.6) is 5.75 Å². The Morgan fingerprint density at radius 2 is 2.13 bits per heavy atom. The quantitative estimate of drug-likeness (QED) is 0.884. The van der Waals surface area contributed by atoms with Gasteiger partial charge in [0.05, 0.1) is 16.5 Å². The van der Waals surface area contributed by atoms with Crippen molar-refractivity contribution < 1.29 is 13.2 Å². The van der Waals surface area contributed by atoms with E-state index in [9.17, 15) is 8.42 Å². The largest absolute Gasteiger partial charge is 0.492 e. The van der Waals surface area contributed by atoms with Gasteiger partial charge in [0.15, 0.2) is 0 Å². The van der Waals surface area contributed by atoms with Crippen molar-refractivity contribution in [1.29, 1.82) is 0 Å². The van der Waals surface area contributed by atoms with E-state index in [-0.39, 0.29) is 9.92 Å². The zero-order valence-electron chi connectivity index (χ0n) is 8.23. The average Bonchev–Trinajstić information content (AvgIpc) is 2.14. The number of primary sulfonamides is 1. The van der Waals surface area contributed by atoms with Crippen molar-refractivity contribution in [1.82, 2.24) is 0 Å². The fourth-order valence-corrected chi connectivity index (χ4v) is 1.83. The Morgan fingerprint density at radius 1 is 1.47 bits per heavy atom. The fourth-order valence-electron chi connectivity index (χ4n) is 0.988. The van der Waals surface area contributed by atoms with Crippen LogP contribution >= 0.6 is 11.6 Å². The highest BCUT2D eigenvalue weighted by molar-refractivity contribution is 7.89. The van der Waals surface area contributed by atoms with E-state index in [0.717, 1.165) is 6.42 Å². The van der Waals surface area contributed by atoms with Crippen molar-refractivity contribution in [2.24, 2.45) is 5.14 Å². The van der Waals surface area contributed by atoms with E-state index < -0.39 is 10.0 Å². The third-order valence-corrected chi connectivity index (χ3v) is 2.90. The minimum atomic E-state index is -3.70. The van der Waals surface area contributed by atoms with Crippen molar-refractivity contribution in [3.05, 3.63) is 23.2 Å². The van der Waals surface area contributed by atoms with Gasteiger partial charge in [-0.2, -0.15) is 0 Å². The second-order valence-electron chi connectivity index (χ2n) is 2.99. The molecule has 0 heterocycles. The number of hydrogen-bond acceptors (Lipinski definition) is 3. The summed E-state index contributed by atoms with van der Waals surface area (Å²) in [5.41, 5.74) is 0. The highest BCUT2D eigenvalue weighted by atomic mass is 35.5. The third-order valence-electron chi connectivity index (χ3n) is 1.69. The van der Waals surface area contributed by atoms with Gasteiger partial charge in [-0.25, -0.2) is 13.6 Å². The Bertz CT molecular complexity index is 445. The number of nitrogens with two attached hydrogens (primary N) is 1. The van der Waals surface area contributed by atoms with Gasteiger partial charge in [0.2, 0.25) is 10.0 Å². The Hall–Kier alpha value is -0.780. The summed E-state index contributed by atoms with van der Waals surface area (Å²) < 4.78 is 27.3. The first kappa shape index (κ1) is 12.3. The zero-order valence-corrected chi connectivity index (χ0v) is 9.81. The summed E-state index contributed by atoms with van der Waals surface area (Å²) in [6.45, 7) is 2.50. The van der Waals surface area contributed by atoms with Crippen LogP contribution in [0.4, 0.5) is 0 Å². The molecule has 84 valence electrons. The van der Waals surface area contributed by atoms with E-state index in [4.69, 9.17) is 21.5 Å². The first-order valence-corrected chi connectivity index (χ1v) is 6.32. The molecule has 1 rings (SSSR count). The lowest BCUT2D eigenvalue weighted by Crippen LogP contribution is -2.12. The lowest BCUT2D eigenvalue weighted by atomic mass is 10.3. The summed E-state index contributed by atoms with van der Waals surface area (Å²) in [6, 6.07) is 4.14. The summed E-state index contributed by atoms with van der Waals surface area (Å²) in [5, 5.41) is 5.19. The van der Waals surface area contributed by atoms with E-state index in [2.05, 4.69) is 0 Å². The Balaban J connectivity index is 2.99. The fraction of sp³-hybridized carbons (Fsp3) is 0.333. The summed E-state index contributed by atoms with van der Waals surface area (Å²) in [6.07, 6.45) is 0.854. The molecule has 0 unspecified atom stereocenters. The highest BCUT2D eigenvalue weighted by Gasteiger charge is 2.10. The first-order valence-electron chi connectivity index (χ1n) is 4.40. The minimum Gasteiger partial charge on any atom is -0.492 e. The van der Waals surface area contributed by atoms with Gasteiger partial charge in [0.25, 0.3) is 0 Å². The predicted octanol–water partition coefficient (Wildman–Crippen LogP) is 1.78. The monoisotopic (exact) mass is 249 g/mol. The zero-order chi connectivity index (χ0) is 11.5. The molecule has 0 amide bonds. The van der Waals surface area contributed by atoms with Crippen LogP contribution in [0, 0.1) is 0 Å². The molecule has 15 heavy (non-hydrogen) atoms. The molecule has 0 aromatic heterocycles. The van der Waals surface area contributed by atoms with Crippen LogP contribution in [-0.4, -0.2) is 15.0 Å². The van der Waals surface area contributed by atoms with Crippen LogP contribution in [0.1, 0.15) is 13.3 Å². The molecule has 0 saturated heterocycles. The van der Waals surface area contributed by atoms with Gasteiger partial charge in [-0.3, -0.25) is 0 Å². The van der Waals surface area contributed by atoms with Gasteiger partial charge < -0.3 is 4.74 Å². The van der Waals surface area contributed by atoms with Gasteiger partial charge >= 0.3 is 0 Å². The van der Waals surface area contributed by atoms with Crippen molar-refractivity contribution in [3.8, 4) is 5.75 Å². The standard InChI is InChI=1S/C9H12ClNO3S/c1-2-5-14-9-4-3-7(6-8(9)10)15(11,12)13/h3-4,6H,2,5H2,1H3,(H2,11,12,13). The molecule has 0 aliphatic heterocycles. The molecule has 0 radical (unpaired) electrons. The lowest BCUT2D eigenvalue weighted by Gasteiger charge is -2.07. The number of ether oxygens (including phenoxy) is 1. The number of sulfonamides is 1. The van der Waals surface area contributed by atoms with Crippen molar-refractivity contribution in [2.45, 2.75) is 18.2 Å². The van der Waals surface area contributed by atoms with Crippen LogP contribution in [0.25, 0.3) is 0 Å². The molecule has 0 fully saturated rings. The van der Waals surface area contributed by atoms with Gasteiger partial charge in [0.1, 0.15) is 5.75 Å². The van der Waals surface area contributed by atoms with Gasteiger partial charge in [-0.05, 0) is 24.6 Å². The van der Waals surface area contributed by atoms with Gasteiger partial charge in [-0.1, -0.05) is 18.5 Å². The Morgan fingerprint density at radius 3 is 2.60 bits per heavy atom. The Kier molecular flexibility index (Phi) is 3.96. The van der Waals surface area contributed by atoms with Crippen molar-refractivity contribution >= 4 is 21.6 Å². The molecule has 0 bridgehead atoms. The average molecular weight is 250 g/mol. The van der Waals surface area contributed by atoms with Gasteiger partial charge in [-0.15, -0.1) is 0 Å². The first-order chi connectivity index (χ1) is 6.95. The molecule has 0 atom stereocenters. The van der Waals surface area contributed by atoms with E-state index in [1.54, 1.807) is 0 Å². The van der Waals surface area contributed by atoms with Crippen LogP contribution < -0.4 is 9.88 Å². The number of rotatable bonds is 4.